The second-order valence-electron chi connectivity index (χ2n) is 6.95. The predicted octanol–water partition coefficient (Wildman–Crippen LogP) is 2.54. The van der Waals surface area contributed by atoms with Crippen LogP contribution >= 0.6 is 0 Å². The lowest BCUT2D eigenvalue weighted by atomic mass is 10.1. The van der Waals surface area contributed by atoms with Crippen LogP contribution in [0.4, 0.5) is 0 Å². The van der Waals surface area contributed by atoms with E-state index in [1.807, 2.05) is 12.1 Å². The maximum absolute atomic E-state index is 12.5. The van der Waals surface area contributed by atoms with Crippen LogP contribution < -0.4 is 14.2 Å². The van der Waals surface area contributed by atoms with E-state index in [2.05, 4.69) is 9.62 Å². The third kappa shape index (κ3) is 6.73. The molecule has 1 atom stereocenters. The Bertz CT molecular complexity index is 924. The standard InChI is InChI=1S/C23H28N2O5S/c1-28-20-7-3-19(23(17-20)29-2)6-10-22(26)18-4-8-21(9-5-18)31(27)24-11-12-25-13-15-30-16-14-25/h3-10,17,24H,11-16H2,1-2H3/b10-6+. The van der Waals surface area contributed by atoms with Crippen molar-refractivity contribution in [3.63, 3.8) is 0 Å². The van der Waals surface area contributed by atoms with Crippen molar-refractivity contribution in [2.75, 3.05) is 53.6 Å². The number of ketones is 1. The molecule has 2 aromatic rings. The summed E-state index contributed by atoms with van der Waals surface area (Å²) >= 11 is 0. The molecule has 0 spiro atoms. The lowest BCUT2D eigenvalue weighted by molar-refractivity contribution is 0.0390. The van der Waals surface area contributed by atoms with Gasteiger partial charge in [-0.15, -0.1) is 0 Å². The van der Waals surface area contributed by atoms with Crippen molar-refractivity contribution < 1.29 is 23.2 Å². The summed E-state index contributed by atoms with van der Waals surface area (Å²) < 4.78 is 31.3. The summed E-state index contributed by atoms with van der Waals surface area (Å²) in [5, 5.41) is 0. The van der Waals surface area contributed by atoms with Crippen molar-refractivity contribution in [2.45, 2.75) is 4.90 Å². The zero-order valence-corrected chi connectivity index (χ0v) is 18.7. The minimum Gasteiger partial charge on any atom is -0.497 e. The Kier molecular flexibility index (Phi) is 8.78. The molecule has 166 valence electrons. The van der Waals surface area contributed by atoms with Gasteiger partial charge in [-0.1, -0.05) is 0 Å². The average Bonchev–Trinajstić information content (AvgIpc) is 2.83. The maximum atomic E-state index is 12.5. The lowest BCUT2D eigenvalue weighted by Gasteiger charge is -2.26. The van der Waals surface area contributed by atoms with Gasteiger partial charge in [-0.05, 0) is 48.6 Å². The summed E-state index contributed by atoms with van der Waals surface area (Å²) in [6.07, 6.45) is 3.21. The number of rotatable bonds is 10. The number of hydrogen-bond donors (Lipinski definition) is 1. The summed E-state index contributed by atoms with van der Waals surface area (Å²) in [5.41, 5.74) is 1.30. The van der Waals surface area contributed by atoms with Crippen LogP contribution in [0.2, 0.25) is 0 Å². The third-order valence-electron chi connectivity index (χ3n) is 4.97. The monoisotopic (exact) mass is 444 g/mol. The minimum atomic E-state index is -1.32. The Hall–Kier alpha value is -2.52. The molecule has 1 saturated heterocycles. The summed E-state index contributed by atoms with van der Waals surface area (Å²) in [5.74, 6) is 1.16. The zero-order valence-electron chi connectivity index (χ0n) is 17.8. The van der Waals surface area contributed by atoms with Crippen LogP contribution in [0.3, 0.4) is 0 Å². The lowest BCUT2D eigenvalue weighted by Crippen LogP contribution is -2.40. The molecule has 1 aliphatic heterocycles. The highest BCUT2D eigenvalue weighted by atomic mass is 32.2. The van der Waals surface area contributed by atoms with E-state index in [0.29, 0.717) is 28.5 Å². The fraction of sp³-hybridized carbons (Fsp3) is 0.348. The van der Waals surface area contributed by atoms with Crippen LogP contribution in [0.15, 0.2) is 53.4 Å². The highest BCUT2D eigenvalue weighted by molar-refractivity contribution is 7.83. The first-order valence-electron chi connectivity index (χ1n) is 10.1. The number of carbonyl (C=O) groups excluding carboxylic acids is 1. The first-order chi connectivity index (χ1) is 15.1. The Morgan fingerprint density at radius 1 is 1.13 bits per heavy atom. The van der Waals surface area contributed by atoms with Gasteiger partial charge in [0.25, 0.3) is 0 Å². The topological polar surface area (TPSA) is 77.1 Å². The Morgan fingerprint density at radius 3 is 2.55 bits per heavy atom. The predicted molar refractivity (Wildman–Crippen MR) is 121 cm³/mol. The number of hydrogen-bond acceptors (Lipinski definition) is 6. The third-order valence-corrected chi connectivity index (χ3v) is 6.14. The number of carbonyl (C=O) groups is 1. The van der Waals surface area contributed by atoms with Crippen molar-refractivity contribution in [2.24, 2.45) is 0 Å². The van der Waals surface area contributed by atoms with E-state index >= 15 is 0 Å². The number of nitrogens with zero attached hydrogens (tertiary/aromatic N) is 1. The van der Waals surface area contributed by atoms with Crippen molar-refractivity contribution >= 4 is 22.8 Å². The Morgan fingerprint density at radius 2 is 1.87 bits per heavy atom. The van der Waals surface area contributed by atoms with Crippen LogP contribution in [0.5, 0.6) is 11.5 Å². The fourth-order valence-corrected chi connectivity index (χ4v) is 3.99. The molecule has 0 amide bonds. The van der Waals surface area contributed by atoms with Crippen molar-refractivity contribution in [3.8, 4) is 11.5 Å². The molecule has 0 saturated carbocycles. The van der Waals surface area contributed by atoms with Crippen LogP contribution in [0.25, 0.3) is 6.08 Å². The highest BCUT2D eigenvalue weighted by Crippen LogP contribution is 2.25. The molecule has 1 fully saturated rings. The molecule has 1 aliphatic rings. The zero-order chi connectivity index (χ0) is 22.1. The normalized spacial score (nSPS) is 15.7. The molecular formula is C23H28N2O5S. The van der Waals surface area contributed by atoms with Gasteiger partial charge in [-0.3, -0.25) is 9.69 Å². The van der Waals surface area contributed by atoms with E-state index in [9.17, 15) is 9.00 Å². The largest absolute Gasteiger partial charge is 0.497 e. The first kappa shape index (κ1) is 23.1. The molecule has 1 unspecified atom stereocenters. The van der Waals surface area contributed by atoms with E-state index in [1.165, 1.54) is 6.08 Å². The fourth-order valence-electron chi connectivity index (χ4n) is 3.17. The molecule has 0 radical (unpaired) electrons. The number of ether oxygens (including phenoxy) is 3. The van der Waals surface area contributed by atoms with Gasteiger partial charge < -0.3 is 14.2 Å². The molecule has 7 nitrogen and oxygen atoms in total. The molecule has 31 heavy (non-hydrogen) atoms. The summed E-state index contributed by atoms with van der Waals surface area (Å²) in [7, 11) is 1.84. The van der Waals surface area contributed by atoms with Crippen LogP contribution in [-0.2, 0) is 15.7 Å². The SMILES string of the molecule is COc1ccc(/C=C/C(=O)c2ccc(S(=O)NCCN3CCOCC3)cc2)c(OC)c1. The highest BCUT2D eigenvalue weighted by Gasteiger charge is 2.11. The number of allylic oxidation sites excluding steroid dienone is 1. The van der Waals surface area contributed by atoms with E-state index in [1.54, 1.807) is 50.6 Å². The van der Waals surface area contributed by atoms with E-state index < -0.39 is 11.0 Å². The number of benzene rings is 2. The van der Waals surface area contributed by atoms with Gasteiger partial charge in [0.1, 0.15) is 22.5 Å². The molecule has 3 rings (SSSR count). The van der Waals surface area contributed by atoms with Gasteiger partial charge in [-0.25, -0.2) is 8.93 Å². The van der Waals surface area contributed by atoms with E-state index in [-0.39, 0.29) is 5.78 Å². The Balaban J connectivity index is 1.54. The number of morpholine rings is 1. The Labute approximate surface area is 185 Å². The molecular weight excluding hydrogens is 416 g/mol. The second-order valence-corrected chi connectivity index (χ2v) is 8.24. The minimum absolute atomic E-state index is 0.143. The number of nitrogens with one attached hydrogen (secondary N) is 1. The molecule has 0 aliphatic carbocycles. The summed E-state index contributed by atoms with van der Waals surface area (Å²) in [6.45, 7) is 4.75. The van der Waals surface area contributed by atoms with Crippen molar-refractivity contribution in [3.05, 3.63) is 59.7 Å². The summed E-state index contributed by atoms with van der Waals surface area (Å²) in [6, 6.07) is 12.2. The van der Waals surface area contributed by atoms with Crippen LogP contribution in [-0.4, -0.2) is 68.5 Å². The van der Waals surface area contributed by atoms with Crippen molar-refractivity contribution in [1.82, 2.24) is 9.62 Å². The first-order valence-corrected chi connectivity index (χ1v) is 11.3. The molecule has 8 heteroatoms. The van der Waals surface area contributed by atoms with Crippen LogP contribution in [0, 0.1) is 0 Å². The van der Waals surface area contributed by atoms with E-state index in [4.69, 9.17) is 14.2 Å². The maximum Gasteiger partial charge on any atom is 0.185 e. The molecule has 1 heterocycles. The quantitative estimate of drug-likeness (QED) is 0.448. The number of methoxy groups -OCH3 is 2. The van der Waals surface area contributed by atoms with Crippen molar-refractivity contribution in [1.29, 1.82) is 0 Å². The van der Waals surface area contributed by atoms with Gasteiger partial charge in [-0.2, -0.15) is 0 Å². The molecule has 0 aromatic heterocycles. The van der Waals surface area contributed by atoms with Gasteiger partial charge in [0, 0.05) is 43.4 Å². The molecule has 0 bridgehead atoms. The summed E-state index contributed by atoms with van der Waals surface area (Å²) in [4.78, 5) is 15.4. The van der Waals surface area contributed by atoms with Gasteiger partial charge in [0.2, 0.25) is 0 Å². The van der Waals surface area contributed by atoms with Gasteiger partial charge in [0.15, 0.2) is 5.78 Å². The van der Waals surface area contributed by atoms with Crippen LogP contribution in [0.1, 0.15) is 15.9 Å². The molecule has 1 N–H and O–H groups in total. The van der Waals surface area contributed by atoms with Gasteiger partial charge >= 0.3 is 0 Å². The molecule has 2 aromatic carbocycles. The smallest absolute Gasteiger partial charge is 0.185 e. The average molecular weight is 445 g/mol. The van der Waals surface area contributed by atoms with Gasteiger partial charge in [0.05, 0.1) is 32.3 Å². The van der Waals surface area contributed by atoms with E-state index in [0.717, 1.165) is 38.4 Å². The second kappa shape index (κ2) is 11.8.